The van der Waals surface area contributed by atoms with Gasteiger partial charge in [-0.15, -0.1) is 0 Å². The number of sulfonamides is 1. The zero-order valence-corrected chi connectivity index (χ0v) is 25.6. The van der Waals surface area contributed by atoms with Crippen LogP contribution >= 0.6 is 0 Å². The number of nitrogens with one attached hydrogen (secondary N) is 1. The molecule has 0 unspecified atom stereocenters. The first-order valence-electron chi connectivity index (χ1n) is 13.7. The molecule has 3 aromatic carbocycles. The van der Waals surface area contributed by atoms with Crippen LogP contribution in [0.1, 0.15) is 42.5 Å². The van der Waals surface area contributed by atoms with Gasteiger partial charge < -0.3 is 15.0 Å². The van der Waals surface area contributed by atoms with Gasteiger partial charge in [-0.25, -0.2) is 8.42 Å². The quantitative estimate of drug-likeness (QED) is 0.319. The third-order valence-electron chi connectivity index (χ3n) is 6.93. The Balaban J connectivity index is 2.09. The van der Waals surface area contributed by atoms with E-state index in [9.17, 15) is 18.0 Å². The van der Waals surface area contributed by atoms with E-state index in [1.54, 1.807) is 25.3 Å². The lowest BCUT2D eigenvalue weighted by Gasteiger charge is -2.34. The smallest absolute Gasteiger partial charge is 0.244 e. The highest BCUT2D eigenvalue weighted by Crippen LogP contribution is 2.23. The van der Waals surface area contributed by atoms with Gasteiger partial charge >= 0.3 is 0 Å². The van der Waals surface area contributed by atoms with Crippen molar-refractivity contribution in [3.63, 3.8) is 0 Å². The van der Waals surface area contributed by atoms with E-state index in [4.69, 9.17) is 4.74 Å². The van der Waals surface area contributed by atoms with E-state index in [1.165, 1.54) is 4.90 Å². The molecular weight excluding hydrogens is 538 g/mol. The lowest BCUT2D eigenvalue weighted by atomic mass is 10.0. The largest absolute Gasteiger partial charge is 0.497 e. The minimum absolute atomic E-state index is 0.0892. The molecule has 0 heterocycles. The van der Waals surface area contributed by atoms with Gasteiger partial charge in [0.25, 0.3) is 0 Å². The summed E-state index contributed by atoms with van der Waals surface area (Å²) in [6.45, 7) is 7.28. The Morgan fingerprint density at radius 3 is 2.15 bits per heavy atom. The van der Waals surface area contributed by atoms with E-state index >= 15 is 0 Å². The Morgan fingerprint density at radius 2 is 1.56 bits per heavy atom. The number of anilines is 1. The second-order valence-corrected chi connectivity index (χ2v) is 12.4. The number of hydrogen-bond donors (Lipinski definition) is 1. The minimum Gasteiger partial charge on any atom is -0.497 e. The number of benzene rings is 3. The number of hydrogen-bond acceptors (Lipinski definition) is 5. The third kappa shape index (κ3) is 9.08. The van der Waals surface area contributed by atoms with Crippen LogP contribution in [0.15, 0.2) is 72.8 Å². The van der Waals surface area contributed by atoms with Gasteiger partial charge in [0.15, 0.2) is 0 Å². The van der Waals surface area contributed by atoms with Crippen LogP contribution in [0.4, 0.5) is 5.69 Å². The van der Waals surface area contributed by atoms with Crippen LogP contribution in [0.3, 0.4) is 0 Å². The average Bonchev–Trinajstić information content (AvgIpc) is 2.92. The van der Waals surface area contributed by atoms with Crippen molar-refractivity contribution >= 4 is 27.5 Å². The highest BCUT2D eigenvalue weighted by atomic mass is 32.2. The van der Waals surface area contributed by atoms with Gasteiger partial charge in [0, 0.05) is 19.0 Å². The predicted molar refractivity (Wildman–Crippen MR) is 163 cm³/mol. The molecule has 0 bridgehead atoms. The van der Waals surface area contributed by atoms with Gasteiger partial charge in [-0.3, -0.25) is 13.9 Å². The molecule has 220 valence electrons. The number of methoxy groups -OCH3 is 1. The molecule has 0 aliphatic heterocycles. The molecule has 0 radical (unpaired) electrons. The van der Waals surface area contributed by atoms with Crippen molar-refractivity contribution in [1.29, 1.82) is 0 Å². The monoisotopic (exact) mass is 579 g/mol. The molecule has 9 heteroatoms. The molecule has 3 aromatic rings. The van der Waals surface area contributed by atoms with E-state index in [-0.39, 0.29) is 24.9 Å². The van der Waals surface area contributed by atoms with Crippen LogP contribution in [0.5, 0.6) is 5.75 Å². The number of nitrogens with zero attached hydrogens (tertiary/aromatic N) is 2. The zero-order chi connectivity index (χ0) is 30.2. The van der Waals surface area contributed by atoms with Crippen molar-refractivity contribution < 1.29 is 22.7 Å². The minimum atomic E-state index is -3.83. The Hall–Kier alpha value is -3.85. The van der Waals surface area contributed by atoms with Crippen LogP contribution in [0.2, 0.25) is 0 Å². The maximum Gasteiger partial charge on any atom is 0.244 e. The van der Waals surface area contributed by atoms with Crippen molar-refractivity contribution in [2.45, 2.75) is 59.2 Å². The van der Waals surface area contributed by atoms with Crippen molar-refractivity contribution in [2.75, 3.05) is 24.2 Å². The number of carbonyl (C=O) groups is 2. The molecule has 2 amide bonds. The van der Waals surface area contributed by atoms with Crippen molar-refractivity contribution in [1.82, 2.24) is 10.2 Å². The molecule has 0 aliphatic carbocycles. The molecule has 8 nitrogen and oxygen atoms in total. The SMILES string of the molecule is CC[C@@H](C)NC(=O)[C@H](Cc1ccccc1)N(Cc1cccc(OC)c1)C(=O)CN(c1cc(C)cc(C)c1)S(C)(=O)=O. The van der Waals surface area contributed by atoms with Gasteiger partial charge in [-0.1, -0.05) is 55.5 Å². The van der Waals surface area contributed by atoms with Gasteiger partial charge in [0.2, 0.25) is 21.8 Å². The first kappa shape index (κ1) is 31.7. The molecule has 2 atom stereocenters. The van der Waals surface area contributed by atoms with Gasteiger partial charge in [-0.2, -0.15) is 0 Å². The molecule has 41 heavy (non-hydrogen) atoms. The lowest BCUT2D eigenvalue weighted by molar-refractivity contribution is -0.140. The Labute approximate surface area is 244 Å². The summed E-state index contributed by atoms with van der Waals surface area (Å²) in [4.78, 5) is 29.4. The highest BCUT2D eigenvalue weighted by molar-refractivity contribution is 7.92. The van der Waals surface area contributed by atoms with Crippen LogP contribution in [0.25, 0.3) is 0 Å². The standard InChI is InChI=1S/C32H41N3O5S/c1-7-25(4)33-32(37)30(20-26-12-9-8-10-13-26)34(21-27-14-11-15-29(19-27)40-5)31(36)22-35(41(6,38)39)28-17-23(2)16-24(3)18-28/h8-19,25,30H,7,20-22H2,1-6H3,(H,33,37)/t25-,30+/m1/s1. The van der Waals surface area contributed by atoms with Crippen LogP contribution in [-0.2, 0) is 32.6 Å². The summed E-state index contributed by atoms with van der Waals surface area (Å²) in [6.07, 6.45) is 2.07. The molecule has 0 aromatic heterocycles. The van der Waals surface area contributed by atoms with Gasteiger partial charge in [0.1, 0.15) is 18.3 Å². The maximum absolute atomic E-state index is 14.2. The molecule has 3 rings (SSSR count). The van der Waals surface area contributed by atoms with Crippen molar-refractivity contribution in [3.8, 4) is 5.75 Å². The zero-order valence-electron chi connectivity index (χ0n) is 24.8. The number of ether oxygens (including phenoxy) is 1. The van der Waals surface area contributed by atoms with Crippen LogP contribution in [-0.4, -0.2) is 57.1 Å². The van der Waals surface area contributed by atoms with Crippen molar-refractivity contribution in [2.24, 2.45) is 0 Å². The summed E-state index contributed by atoms with van der Waals surface area (Å²) in [5.74, 6) is -0.166. The summed E-state index contributed by atoms with van der Waals surface area (Å²) in [7, 11) is -2.26. The molecule has 0 spiro atoms. The molecule has 0 fully saturated rings. The molecule has 0 saturated carbocycles. The average molecular weight is 580 g/mol. The topological polar surface area (TPSA) is 96.0 Å². The maximum atomic E-state index is 14.2. The number of carbonyl (C=O) groups excluding carboxylic acids is 2. The van der Waals surface area contributed by atoms with Gasteiger partial charge in [-0.05, 0) is 73.7 Å². The first-order valence-corrected chi connectivity index (χ1v) is 15.6. The van der Waals surface area contributed by atoms with E-state index in [1.807, 2.05) is 82.3 Å². The third-order valence-corrected chi connectivity index (χ3v) is 8.07. The normalized spacial score (nSPS) is 12.7. The summed E-state index contributed by atoms with van der Waals surface area (Å²) >= 11 is 0. The van der Waals surface area contributed by atoms with E-state index < -0.39 is 28.5 Å². The van der Waals surface area contributed by atoms with E-state index in [0.29, 0.717) is 11.4 Å². The van der Waals surface area contributed by atoms with Gasteiger partial charge in [0.05, 0.1) is 19.1 Å². The number of rotatable bonds is 13. The Bertz CT molecular complexity index is 1420. The summed E-state index contributed by atoms with van der Waals surface area (Å²) < 4.78 is 32.5. The van der Waals surface area contributed by atoms with Crippen LogP contribution < -0.4 is 14.4 Å². The van der Waals surface area contributed by atoms with Crippen LogP contribution in [0, 0.1) is 13.8 Å². The second-order valence-electron chi connectivity index (χ2n) is 10.5. The first-order chi connectivity index (χ1) is 19.4. The van der Waals surface area contributed by atoms with E-state index in [0.717, 1.165) is 39.2 Å². The number of aryl methyl sites for hydroxylation is 2. The summed E-state index contributed by atoms with van der Waals surface area (Å²) in [6, 6.07) is 21.2. The highest BCUT2D eigenvalue weighted by Gasteiger charge is 2.33. The molecule has 1 N–H and O–H groups in total. The van der Waals surface area contributed by atoms with E-state index in [2.05, 4.69) is 5.32 Å². The predicted octanol–water partition coefficient (Wildman–Crippen LogP) is 4.63. The Morgan fingerprint density at radius 1 is 0.927 bits per heavy atom. The molecule has 0 aliphatic rings. The van der Waals surface area contributed by atoms with Crippen molar-refractivity contribution in [3.05, 3.63) is 95.1 Å². The second kappa shape index (κ2) is 14.2. The fraction of sp³-hybridized carbons (Fsp3) is 0.375. The summed E-state index contributed by atoms with van der Waals surface area (Å²) in [5.41, 5.74) is 3.80. The fourth-order valence-electron chi connectivity index (χ4n) is 4.67. The lowest BCUT2D eigenvalue weighted by Crippen LogP contribution is -2.54. The fourth-order valence-corrected chi connectivity index (χ4v) is 5.50. The molecular formula is C32H41N3O5S. The Kier molecular flexibility index (Phi) is 10.9. The molecule has 0 saturated heterocycles. The summed E-state index contributed by atoms with van der Waals surface area (Å²) in [5, 5.41) is 3.03. The number of amides is 2.